The number of carbonyl (C=O) groups is 2. The van der Waals surface area contributed by atoms with Crippen LogP contribution in [0.4, 0.5) is 0 Å². The number of para-hydroxylation sites is 1. The van der Waals surface area contributed by atoms with Gasteiger partial charge in [0.1, 0.15) is 0 Å². The Kier molecular flexibility index (Phi) is 3.84. The molecular formula is C16H11N4O3-. The summed E-state index contributed by atoms with van der Waals surface area (Å²) in [7, 11) is 0. The summed E-state index contributed by atoms with van der Waals surface area (Å²) in [5, 5.41) is 15.6. The maximum Gasteiger partial charge on any atom is 0.271 e. The molecule has 7 nitrogen and oxygen atoms in total. The number of aromatic amines is 1. The minimum Gasteiger partial charge on any atom is -0.545 e. The van der Waals surface area contributed by atoms with Crippen molar-refractivity contribution in [3.8, 4) is 0 Å². The minimum atomic E-state index is -1.26. The van der Waals surface area contributed by atoms with Crippen LogP contribution >= 0.6 is 0 Å². The summed E-state index contributed by atoms with van der Waals surface area (Å²) in [4.78, 5) is 29.6. The monoisotopic (exact) mass is 307 g/mol. The highest BCUT2D eigenvalue weighted by molar-refractivity contribution is 6.07. The van der Waals surface area contributed by atoms with Gasteiger partial charge in [0.15, 0.2) is 0 Å². The van der Waals surface area contributed by atoms with Crippen molar-refractivity contribution in [1.29, 1.82) is 0 Å². The molecule has 0 spiro atoms. The number of pyridine rings is 1. The number of amides is 1. The smallest absolute Gasteiger partial charge is 0.271 e. The lowest BCUT2D eigenvalue weighted by atomic mass is 10.1. The molecule has 0 saturated carbocycles. The first-order chi connectivity index (χ1) is 11.2. The van der Waals surface area contributed by atoms with Gasteiger partial charge in [-0.1, -0.05) is 18.2 Å². The Labute approximate surface area is 130 Å². The Hall–Kier alpha value is -3.48. The standard InChI is InChI=1S/C16H12N4O3/c21-15(10-4-6-17-7-5-10)20-19-9-11-8-18-14-12(11)2-1-3-13(14)16(22)23/h1-9,18H,(H,20,21)(H,22,23)/p-1/b19-9+. The van der Waals surface area contributed by atoms with Crippen LogP contribution in [-0.4, -0.2) is 28.1 Å². The zero-order chi connectivity index (χ0) is 16.2. The molecule has 0 fully saturated rings. The molecule has 1 amide bonds. The van der Waals surface area contributed by atoms with E-state index in [1.807, 2.05) is 0 Å². The van der Waals surface area contributed by atoms with Crippen molar-refractivity contribution < 1.29 is 14.7 Å². The number of aromatic nitrogens is 2. The summed E-state index contributed by atoms with van der Waals surface area (Å²) in [5.41, 5.74) is 4.02. The van der Waals surface area contributed by atoms with Crippen LogP contribution < -0.4 is 10.5 Å². The van der Waals surface area contributed by atoms with Gasteiger partial charge in [-0.25, -0.2) is 5.43 Å². The number of hydrazone groups is 1. The Morgan fingerprint density at radius 1 is 1.22 bits per heavy atom. The highest BCUT2D eigenvalue weighted by Gasteiger charge is 2.07. The molecule has 2 aromatic heterocycles. The van der Waals surface area contributed by atoms with E-state index < -0.39 is 5.97 Å². The van der Waals surface area contributed by atoms with E-state index in [1.54, 1.807) is 30.5 Å². The fourth-order valence-electron chi connectivity index (χ4n) is 2.18. The van der Waals surface area contributed by atoms with Crippen molar-refractivity contribution in [2.45, 2.75) is 0 Å². The predicted octanol–water partition coefficient (Wildman–Crippen LogP) is 0.690. The second-order valence-corrected chi connectivity index (χ2v) is 4.69. The van der Waals surface area contributed by atoms with E-state index in [-0.39, 0.29) is 11.5 Å². The van der Waals surface area contributed by atoms with Gasteiger partial charge >= 0.3 is 0 Å². The third-order valence-electron chi connectivity index (χ3n) is 3.28. The average Bonchev–Trinajstić information content (AvgIpc) is 2.98. The zero-order valence-electron chi connectivity index (χ0n) is 11.8. The van der Waals surface area contributed by atoms with Crippen molar-refractivity contribution in [3.63, 3.8) is 0 Å². The van der Waals surface area contributed by atoms with E-state index in [4.69, 9.17) is 0 Å². The second kappa shape index (κ2) is 6.10. The molecule has 3 aromatic rings. The second-order valence-electron chi connectivity index (χ2n) is 4.69. The van der Waals surface area contributed by atoms with Crippen LogP contribution in [0.1, 0.15) is 26.3 Å². The number of benzene rings is 1. The van der Waals surface area contributed by atoms with Gasteiger partial charge < -0.3 is 14.9 Å². The van der Waals surface area contributed by atoms with Crippen LogP contribution in [0.5, 0.6) is 0 Å². The first-order valence-corrected chi connectivity index (χ1v) is 6.71. The van der Waals surface area contributed by atoms with Gasteiger partial charge in [-0.15, -0.1) is 0 Å². The van der Waals surface area contributed by atoms with Gasteiger partial charge in [0, 0.05) is 40.7 Å². The largest absolute Gasteiger partial charge is 0.545 e. The lowest BCUT2D eigenvalue weighted by Crippen LogP contribution is -2.22. The maximum atomic E-state index is 11.8. The number of carboxylic acids is 1. The molecule has 0 aliphatic heterocycles. The molecule has 1 aromatic carbocycles. The molecule has 2 heterocycles. The summed E-state index contributed by atoms with van der Waals surface area (Å²) >= 11 is 0. The summed E-state index contributed by atoms with van der Waals surface area (Å²) in [6, 6.07) is 7.98. The van der Waals surface area contributed by atoms with Crippen LogP contribution in [0.15, 0.2) is 54.0 Å². The van der Waals surface area contributed by atoms with Gasteiger partial charge in [-0.2, -0.15) is 5.10 Å². The SMILES string of the molecule is O=C(N/N=C/c1c[nH]c2c(C(=O)[O-])cccc12)c1ccncc1. The molecule has 2 N–H and O–H groups in total. The summed E-state index contributed by atoms with van der Waals surface area (Å²) in [6.07, 6.45) is 6.08. The van der Waals surface area contributed by atoms with Gasteiger partial charge in [-0.05, 0) is 12.1 Å². The lowest BCUT2D eigenvalue weighted by molar-refractivity contribution is -0.254. The Morgan fingerprint density at radius 2 is 2.00 bits per heavy atom. The van der Waals surface area contributed by atoms with Gasteiger partial charge in [-0.3, -0.25) is 9.78 Å². The number of aromatic carboxylic acids is 1. The Morgan fingerprint density at radius 3 is 2.74 bits per heavy atom. The van der Waals surface area contributed by atoms with E-state index in [0.29, 0.717) is 22.0 Å². The number of carbonyl (C=O) groups excluding carboxylic acids is 2. The minimum absolute atomic E-state index is 0.0722. The van der Waals surface area contributed by atoms with E-state index in [0.717, 1.165) is 0 Å². The third kappa shape index (κ3) is 2.93. The van der Waals surface area contributed by atoms with Gasteiger partial charge in [0.05, 0.1) is 17.7 Å². The first kappa shape index (κ1) is 14.5. The van der Waals surface area contributed by atoms with Gasteiger partial charge in [0.25, 0.3) is 5.91 Å². The number of hydrogen-bond donors (Lipinski definition) is 2. The molecule has 0 aliphatic rings. The molecule has 114 valence electrons. The number of fused-ring (bicyclic) bond motifs is 1. The molecule has 0 unspecified atom stereocenters. The fourth-order valence-corrected chi connectivity index (χ4v) is 2.18. The van der Waals surface area contributed by atoms with E-state index in [9.17, 15) is 14.7 Å². The number of nitrogens with zero attached hydrogens (tertiary/aromatic N) is 2. The molecule has 0 radical (unpaired) electrons. The van der Waals surface area contributed by atoms with Crippen molar-refractivity contribution in [3.05, 3.63) is 65.6 Å². The quantitative estimate of drug-likeness (QED) is 0.545. The molecule has 0 aliphatic carbocycles. The molecule has 23 heavy (non-hydrogen) atoms. The summed E-state index contributed by atoms with van der Waals surface area (Å²) in [6.45, 7) is 0. The van der Waals surface area contributed by atoms with Crippen LogP contribution in [0.25, 0.3) is 10.9 Å². The highest BCUT2D eigenvalue weighted by Crippen LogP contribution is 2.20. The highest BCUT2D eigenvalue weighted by atomic mass is 16.4. The number of nitrogens with one attached hydrogen (secondary N) is 2. The first-order valence-electron chi connectivity index (χ1n) is 6.71. The molecule has 0 bridgehead atoms. The van der Waals surface area contributed by atoms with Crippen molar-refractivity contribution in [2.75, 3.05) is 0 Å². The lowest BCUT2D eigenvalue weighted by Gasteiger charge is -2.03. The Bertz CT molecular complexity index is 900. The van der Waals surface area contributed by atoms with E-state index in [1.165, 1.54) is 24.7 Å². The van der Waals surface area contributed by atoms with E-state index >= 15 is 0 Å². The van der Waals surface area contributed by atoms with Crippen LogP contribution in [0, 0.1) is 0 Å². The van der Waals surface area contributed by atoms with Crippen LogP contribution in [0.3, 0.4) is 0 Å². The van der Waals surface area contributed by atoms with Gasteiger partial charge in [0.2, 0.25) is 0 Å². The van der Waals surface area contributed by atoms with Crippen molar-refractivity contribution in [2.24, 2.45) is 5.10 Å². The van der Waals surface area contributed by atoms with E-state index in [2.05, 4.69) is 20.5 Å². The Balaban J connectivity index is 1.81. The fraction of sp³-hybridized carbons (Fsp3) is 0. The average molecular weight is 307 g/mol. The molecule has 7 heteroatoms. The number of H-pyrrole nitrogens is 1. The van der Waals surface area contributed by atoms with Crippen molar-refractivity contribution in [1.82, 2.24) is 15.4 Å². The molecule has 0 saturated heterocycles. The third-order valence-corrected chi connectivity index (χ3v) is 3.28. The van der Waals surface area contributed by atoms with Crippen LogP contribution in [0.2, 0.25) is 0 Å². The normalized spacial score (nSPS) is 11.0. The zero-order valence-corrected chi connectivity index (χ0v) is 11.8. The molecule has 3 rings (SSSR count). The summed E-state index contributed by atoms with van der Waals surface area (Å²) < 4.78 is 0. The number of rotatable bonds is 4. The summed E-state index contributed by atoms with van der Waals surface area (Å²) in [5.74, 6) is -1.62. The maximum absolute atomic E-state index is 11.8. The predicted molar refractivity (Wildman–Crippen MR) is 81.9 cm³/mol. The molecule has 0 atom stereocenters. The molecular weight excluding hydrogens is 296 g/mol. The topological polar surface area (TPSA) is 110 Å². The number of hydrogen-bond acceptors (Lipinski definition) is 5. The van der Waals surface area contributed by atoms with Crippen molar-refractivity contribution >= 4 is 29.0 Å². The number of carboxylic acid groups (broad SMARTS) is 1. The van der Waals surface area contributed by atoms with Crippen LogP contribution in [-0.2, 0) is 0 Å².